The quantitative estimate of drug-likeness (QED) is 0.393. The molecule has 3 rings (SSSR count). The average Bonchev–Trinajstić information content (AvgIpc) is 2.92. The predicted octanol–water partition coefficient (Wildman–Crippen LogP) is 2.92. The number of nitrogens with one attached hydrogen (secondary N) is 1. The van der Waals surface area contributed by atoms with Gasteiger partial charge in [0.1, 0.15) is 0 Å². The van der Waals surface area contributed by atoms with E-state index in [2.05, 4.69) is 10.1 Å². The predicted molar refractivity (Wildman–Crippen MR) is 101 cm³/mol. The molecule has 2 aliphatic rings. The molecule has 29 heavy (non-hydrogen) atoms. The van der Waals surface area contributed by atoms with Gasteiger partial charge in [-0.2, -0.15) is 0 Å². The molecule has 0 radical (unpaired) electrons. The van der Waals surface area contributed by atoms with Crippen molar-refractivity contribution in [2.75, 3.05) is 19.0 Å². The highest BCUT2D eigenvalue weighted by Gasteiger charge is 2.50. The summed E-state index contributed by atoms with van der Waals surface area (Å²) in [6.07, 6.45) is 5.93. The van der Waals surface area contributed by atoms with Gasteiger partial charge >= 0.3 is 5.97 Å². The van der Waals surface area contributed by atoms with Crippen molar-refractivity contribution in [3.8, 4) is 5.75 Å². The largest absolute Gasteiger partial charge is 0.476 e. The number of rotatable bonds is 8. The number of thioether (sulfide) groups is 1. The van der Waals surface area contributed by atoms with Gasteiger partial charge in [-0.05, 0) is 37.7 Å². The molecule has 1 aliphatic carbocycles. The fourth-order valence-corrected chi connectivity index (χ4v) is 4.35. The Kier molecular flexibility index (Phi) is 6.36. The van der Waals surface area contributed by atoms with Crippen LogP contribution in [0.5, 0.6) is 5.75 Å². The van der Waals surface area contributed by atoms with Crippen molar-refractivity contribution in [2.45, 2.75) is 24.7 Å². The first-order valence-electron chi connectivity index (χ1n) is 9.00. The van der Waals surface area contributed by atoms with E-state index in [1.54, 1.807) is 19.1 Å². The zero-order valence-corrected chi connectivity index (χ0v) is 16.4. The maximum atomic E-state index is 14.2. The van der Waals surface area contributed by atoms with Crippen LogP contribution < -0.4 is 10.1 Å². The number of hydrogen-bond acceptors (Lipinski definition) is 6. The molecule has 2 amide bonds. The summed E-state index contributed by atoms with van der Waals surface area (Å²) in [5.74, 6) is -3.63. The smallest absolute Gasteiger partial charge is 0.344 e. The zero-order chi connectivity index (χ0) is 21.0. The lowest BCUT2D eigenvalue weighted by Gasteiger charge is -2.27. The van der Waals surface area contributed by atoms with Gasteiger partial charge in [-0.25, -0.2) is 13.6 Å². The molecule has 0 bridgehead atoms. The molecule has 1 fully saturated rings. The Morgan fingerprint density at radius 1 is 1.28 bits per heavy atom. The van der Waals surface area contributed by atoms with E-state index in [1.807, 2.05) is 6.08 Å². The van der Waals surface area contributed by atoms with Gasteiger partial charge < -0.3 is 9.47 Å². The van der Waals surface area contributed by atoms with Crippen molar-refractivity contribution in [1.82, 2.24) is 5.32 Å². The van der Waals surface area contributed by atoms with Crippen molar-refractivity contribution in [2.24, 2.45) is 5.41 Å². The van der Waals surface area contributed by atoms with E-state index in [0.29, 0.717) is 29.1 Å². The number of hydrogen-bond donors (Lipinski definition) is 1. The van der Waals surface area contributed by atoms with Crippen molar-refractivity contribution >= 4 is 29.5 Å². The molecule has 0 aromatic heterocycles. The van der Waals surface area contributed by atoms with Crippen LogP contribution in [0.1, 0.15) is 19.8 Å². The minimum atomic E-state index is -0.940. The van der Waals surface area contributed by atoms with E-state index < -0.39 is 41.3 Å². The minimum absolute atomic E-state index is 0.139. The van der Waals surface area contributed by atoms with Gasteiger partial charge in [0.25, 0.3) is 5.91 Å². The maximum Gasteiger partial charge on any atom is 0.344 e. The van der Waals surface area contributed by atoms with Gasteiger partial charge in [0.2, 0.25) is 5.91 Å². The van der Waals surface area contributed by atoms with Crippen molar-refractivity contribution in [3.63, 3.8) is 0 Å². The molecule has 1 saturated heterocycles. The molecule has 0 spiro atoms. The third-order valence-corrected chi connectivity index (χ3v) is 5.67. The highest BCUT2D eigenvalue weighted by atomic mass is 32.2. The van der Waals surface area contributed by atoms with E-state index >= 15 is 0 Å². The summed E-state index contributed by atoms with van der Waals surface area (Å²) in [4.78, 5) is 35.8. The monoisotopic (exact) mass is 423 g/mol. The first-order chi connectivity index (χ1) is 13.9. The number of carbonyl (C=O) groups is 3. The number of amides is 2. The number of imide groups is 1. The summed E-state index contributed by atoms with van der Waals surface area (Å²) in [5.41, 5.74) is -0.510. The number of fused-ring (bicyclic) bond motifs is 1. The Balaban J connectivity index is 1.63. The number of carbonyl (C=O) groups excluding carboxylic acids is 3. The van der Waals surface area contributed by atoms with Crippen LogP contribution in [0, 0.1) is 17.0 Å². The molecule has 0 saturated carbocycles. The number of esters is 1. The Bertz CT molecular complexity index is 891. The normalized spacial score (nSPS) is 20.2. The summed E-state index contributed by atoms with van der Waals surface area (Å²) in [7, 11) is 0. The highest BCUT2D eigenvalue weighted by molar-refractivity contribution is 7.99. The van der Waals surface area contributed by atoms with Gasteiger partial charge in [-0.3, -0.25) is 14.9 Å². The fraction of sp³-hybridized carbons (Fsp3) is 0.350. The maximum absolute atomic E-state index is 14.2. The number of ether oxygens (including phenoxy) is 2. The molecule has 9 heteroatoms. The zero-order valence-electron chi connectivity index (χ0n) is 15.6. The standard InChI is InChI=1S/C20H19F2NO5S/c1-2-27-16(24)11-28-17-14(21)9-12(10-15(17)22)29-8-7-20-6-4-3-5-13(20)18(25)23-19(20)26/h3-5,9-10H,2,6-8,11H2,1H3,(H,23,25,26). The Morgan fingerprint density at radius 2 is 2.00 bits per heavy atom. The molecule has 1 N–H and O–H groups in total. The summed E-state index contributed by atoms with van der Waals surface area (Å²) >= 11 is 1.16. The third-order valence-electron chi connectivity index (χ3n) is 4.70. The van der Waals surface area contributed by atoms with Crippen molar-refractivity contribution < 1.29 is 32.6 Å². The van der Waals surface area contributed by atoms with Gasteiger partial charge in [0.05, 0.1) is 12.0 Å². The Morgan fingerprint density at radius 3 is 2.69 bits per heavy atom. The molecule has 1 atom stereocenters. The second-order valence-corrected chi connectivity index (χ2v) is 7.65. The Labute approximate surface area is 170 Å². The number of halogens is 2. The van der Waals surface area contributed by atoms with Crippen LogP contribution in [0.15, 0.2) is 40.8 Å². The van der Waals surface area contributed by atoms with Crippen LogP contribution >= 0.6 is 11.8 Å². The number of allylic oxidation sites excluding steroid dienone is 3. The van der Waals surface area contributed by atoms with E-state index in [0.717, 1.165) is 23.9 Å². The lowest BCUT2D eigenvalue weighted by atomic mass is 9.74. The second-order valence-electron chi connectivity index (χ2n) is 6.49. The molecular weight excluding hydrogens is 404 g/mol. The van der Waals surface area contributed by atoms with Crippen LogP contribution in [0.3, 0.4) is 0 Å². The van der Waals surface area contributed by atoms with Crippen LogP contribution in [-0.4, -0.2) is 36.8 Å². The molecule has 154 valence electrons. The van der Waals surface area contributed by atoms with Crippen LogP contribution in [0.4, 0.5) is 8.78 Å². The molecule has 6 nitrogen and oxygen atoms in total. The van der Waals surface area contributed by atoms with E-state index in [-0.39, 0.29) is 12.5 Å². The van der Waals surface area contributed by atoms with Gasteiger partial charge in [0.15, 0.2) is 24.0 Å². The molecule has 1 heterocycles. The summed E-state index contributed by atoms with van der Waals surface area (Å²) < 4.78 is 37.9. The van der Waals surface area contributed by atoms with Crippen molar-refractivity contribution in [3.05, 3.63) is 47.6 Å². The van der Waals surface area contributed by atoms with E-state index in [1.165, 1.54) is 0 Å². The average molecular weight is 423 g/mol. The minimum Gasteiger partial charge on any atom is -0.476 e. The fourth-order valence-electron chi connectivity index (χ4n) is 3.29. The van der Waals surface area contributed by atoms with Gasteiger partial charge in [0, 0.05) is 10.5 Å². The second kappa shape index (κ2) is 8.77. The lowest BCUT2D eigenvalue weighted by molar-refractivity contribution is -0.145. The van der Waals surface area contributed by atoms with Crippen LogP contribution in [0.25, 0.3) is 0 Å². The number of benzene rings is 1. The summed E-state index contributed by atoms with van der Waals surface area (Å²) in [6.45, 7) is 1.15. The summed E-state index contributed by atoms with van der Waals surface area (Å²) in [6, 6.07) is 2.20. The van der Waals surface area contributed by atoms with Gasteiger partial charge in [-0.1, -0.05) is 18.2 Å². The van der Waals surface area contributed by atoms with E-state index in [4.69, 9.17) is 4.74 Å². The van der Waals surface area contributed by atoms with Gasteiger partial charge in [-0.15, -0.1) is 11.8 Å². The first-order valence-corrected chi connectivity index (χ1v) is 9.99. The summed E-state index contributed by atoms with van der Waals surface area (Å²) in [5, 5.41) is 2.34. The lowest BCUT2D eigenvalue weighted by Crippen LogP contribution is -2.33. The molecule has 1 unspecified atom stereocenters. The SMILES string of the molecule is CCOC(=O)COc1c(F)cc(SCCC23CC=CC=C2C(=O)NC3=O)cc1F. The Hall–Kier alpha value is -2.68. The molecule has 1 aromatic carbocycles. The third kappa shape index (κ3) is 4.34. The highest BCUT2D eigenvalue weighted by Crippen LogP contribution is 2.43. The molecule has 1 aromatic rings. The topological polar surface area (TPSA) is 81.7 Å². The molecule has 1 aliphatic heterocycles. The van der Waals surface area contributed by atoms with Crippen LogP contribution in [0.2, 0.25) is 0 Å². The van der Waals surface area contributed by atoms with E-state index in [9.17, 15) is 23.2 Å². The molecular formula is C20H19F2NO5S. The van der Waals surface area contributed by atoms with Crippen molar-refractivity contribution in [1.29, 1.82) is 0 Å². The van der Waals surface area contributed by atoms with Crippen LogP contribution in [-0.2, 0) is 19.1 Å². The first kappa shape index (κ1) is 21.0.